The number of carbonyl (C=O) groups is 1. The number of phenolic OH excluding ortho intramolecular Hbond substituents is 2. The number of benzene rings is 1. The summed E-state index contributed by atoms with van der Waals surface area (Å²) >= 11 is 0. The van der Waals surface area contributed by atoms with Crippen molar-refractivity contribution in [1.82, 2.24) is 5.32 Å². The highest BCUT2D eigenvalue weighted by Gasteiger charge is 2.13. The van der Waals surface area contributed by atoms with E-state index in [4.69, 9.17) is 10.4 Å². The molecule has 0 aliphatic rings. The Morgan fingerprint density at radius 3 is 2.81 bits per heavy atom. The van der Waals surface area contributed by atoms with Gasteiger partial charge >= 0.3 is 0 Å². The molecule has 84 valence electrons. The van der Waals surface area contributed by atoms with Gasteiger partial charge in [-0.2, -0.15) is 5.26 Å². The summed E-state index contributed by atoms with van der Waals surface area (Å²) in [4.78, 5) is 11.6. The number of phenols is 2. The van der Waals surface area contributed by atoms with Crippen LogP contribution in [0, 0.1) is 11.3 Å². The molecule has 5 heteroatoms. The molecule has 0 saturated carbocycles. The minimum atomic E-state index is -0.472. The van der Waals surface area contributed by atoms with Crippen LogP contribution in [0.3, 0.4) is 0 Å². The van der Waals surface area contributed by atoms with Gasteiger partial charge in [-0.05, 0) is 19.1 Å². The summed E-state index contributed by atoms with van der Waals surface area (Å²) in [5.74, 6) is -0.874. The van der Waals surface area contributed by atoms with Gasteiger partial charge in [0.2, 0.25) is 0 Å². The first-order chi connectivity index (χ1) is 7.54. The molecule has 0 radical (unpaired) electrons. The molecule has 0 heterocycles. The molecule has 0 saturated heterocycles. The zero-order valence-electron chi connectivity index (χ0n) is 8.77. The lowest BCUT2D eigenvalue weighted by atomic mass is 10.1. The summed E-state index contributed by atoms with van der Waals surface area (Å²) < 4.78 is 0. The van der Waals surface area contributed by atoms with Crippen LogP contribution in [-0.4, -0.2) is 22.2 Å². The molecule has 1 aromatic carbocycles. The van der Waals surface area contributed by atoms with Crippen LogP contribution in [-0.2, 0) is 0 Å². The molecule has 5 nitrogen and oxygen atoms in total. The van der Waals surface area contributed by atoms with Crippen LogP contribution in [0.25, 0.3) is 0 Å². The summed E-state index contributed by atoms with van der Waals surface area (Å²) in [6, 6.07) is 5.36. The first kappa shape index (κ1) is 11.9. The maximum absolute atomic E-state index is 11.6. The van der Waals surface area contributed by atoms with Crippen molar-refractivity contribution in [3.8, 4) is 17.6 Å². The second-order valence-corrected chi connectivity index (χ2v) is 3.44. The smallest absolute Gasteiger partial charge is 0.255 e. The maximum Gasteiger partial charge on any atom is 0.255 e. The molecule has 0 aliphatic carbocycles. The van der Waals surface area contributed by atoms with E-state index in [9.17, 15) is 9.90 Å². The van der Waals surface area contributed by atoms with E-state index >= 15 is 0 Å². The van der Waals surface area contributed by atoms with E-state index in [2.05, 4.69) is 5.32 Å². The molecule has 0 fully saturated rings. The fraction of sp³-hybridized carbons (Fsp3) is 0.273. The Morgan fingerprint density at radius 2 is 2.25 bits per heavy atom. The SMILES string of the molecule is C[C@H](CC#N)NC(=O)c1ccc(O)cc1O. The lowest BCUT2D eigenvalue weighted by molar-refractivity contribution is 0.0938. The zero-order chi connectivity index (χ0) is 12.1. The van der Waals surface area contributed by atoms with Gasteiger partial charge in [0.05, 0.1) is 18.1 Å². The third kappa shape index (κ3) is 2.89. The third-order valence-corrected chi connectivity index (χ3v) is 2.00. The highest BCUT2D eigenvalue weighted by Crippen LogP contribution is 2.22. The molecular weight excluding hydrogens is 208 g/mol. The third-order valence-electron chi connectivity index (χ3n) is 2.00. The molecule has 0 spiro atoms. The molecule has 0 aliphatic heterocycles. The van der Waals surface area contributed by atoms with Crippen molar-refractivity contribution in [1.29, 1.82) is 5.26 Å². The van der Waals surface area contributed by atoms with E-state index in [1.54, 1.807) is 6.92 Å². The second-order valence-electron chi connectivity index (χ2n) is 3.44. The molecule has 16 heavy (non-hydrogen) atoms. The van der Waals surface area contributed by atoms with Crippen LogP contribution in [0.15, 0.2) is 18.2 Å². The molecule has 0 unspecified atom stereocenters. The monoisotopic (exact) mass is 220 g/mol. The zero-order valence-corrected chi connectivity index (χ0v) is 8.77. The van der Waals surface area contributed by atoms with Crippen LogP contribution >= 0.6 is 0 Å². The number of carbonyl (C=O) groups excluding carboxylic acids is 1. The Kier molecular flexibility index (Phi) is 3.72. The number of aromatic hydroxyl groups is 2. The van der Waals surface area contributed by atoms with E-state index < -0.39 is 5.91 Å². The molecule has 3 N–H and O–H groups in total. The average Bonchev–Trinajstić information content (AvgIpc) is 2.17. The van der Waals surface area contributed by atoms with Crippen molar-refractivity contribution < 1.29 is 15.0 Å². The summed E-state index contributed by atoms with van der Waals surface area (Å²) in [5, 5.41) is 29.5. The normalized spacial score (nSPS) is 11.5. The number of hydrogen-bond donors (Lipinski definition) is 3. The topological polar surface area (TPSA) is 93.4 Å². The van der Waals surface area contributed by atoms with Crippen molar-refractivity contribution in [3.05, 3.63) is 23.8 Å². The number of nitrogens with zero attached hydrogens (tertiary/aromatic N) is 1. The first-order valence-electron chi connectivity index (χ1n) is 4.74. The minimum absolute atomic E-state index is 0.0718. The van der Waals surface area contributed by atoms with Crippen molar-refractivity contribution in [2.24, 2.45) is 0 Å². The Morgan fingerprint density at radius 1 is 1.56 bits per heavy atom. The molecule has 0 bridgehead atoms. The lowest BCUT2D eigenvalue weighted by Crippen LogP contribution is -2.32. The van der Waals surface area contributed by atoms with Crippen LogP contribution in [0.2, 0.25) is 0 Å². The Bertz CT molecular complexity index is 437. The highest BCUT2D eigenvalue weighted by atomic mass is 16.3. The first-order valence-corrected chi connectivity index (χ1v) is 4.74. The van der Waals surface area contributed by atoms with E-state index in [0.29, 0.717) is 0 Å². The molecule has 1 amide bonds. The van der Waals surface area contributed by atoms with Gasteiger partial charge in [0, 0.05) is 12.1 Å². The largest absolute Gasteiger partial charge is 0.508 e. The van der Waals surface area contributed by atoms with Crippen LogP contribution < -0.4 is 5.32 Å². The summed E-state index contributed by atoms with van der Waals surface area (Å²) in [6.45, 7) is 1.69. The van der Waals surface area contributed by atoms with E-state index in [-0.39, 0.29) is 29.5 Å². The van der Waals surface area contributed by atoms with Gasteiger partial charge < -0.3 is 15.5 Å². The molecule has 1 atom stereocenters. The Balaban J connectivity index is 2.78. The van der Waals surface area contributed by atoms with Crippen molar-refractivity contribution >= 4 is 5.91 Å². The summed E-state index contributed by atoms with van der Waals surface area (Å²) in [5.41, 5.74) is 0.0718. The van der Waals surface area contributed by atoms with E-state index in [0.717, 1.165) is 6.07 Å². The van der Waals surface area contributed by atoms with Crippen LogP contribution in [0.4, 0.5) is 0 Å². The Labute approximate surface area is 92.9 Å². The lowest BCUT2D eigenvalue weighted by Gasteiger charge is -2.11. The van der Waals surface area contributed by atoms with E-state index in [1.807, 2.05) is 6.07 Å². The predicted octanol–water partition coefficient (Wildman–Crippen LogP) is 1.13. The van der Waals surface area contributed by atoms with Crippen molar-refractivity contribution in [2.45, 2.75) is 19.4 Å². The summed E-state index contributed by atoms with van der Waals surface area (Å²) in [7, 11) is 0. The van der Waals surface area contributed by atoms with Crippen molar-refractivity contribution in [2.75, 3.05) is 0 Å². The Hall–Kier alpha value is -2.22. The second kappa shape index (κ2) is 5.03. The number of nitriles is 1. The standard InChI is InChI=1S/C11H12N2O3/c1-7(4-5-12)13-11(16)9-3-2-8(14)6-10(9)15/h2-3,6-7,14-15H,4H2,1H3,(H,13,16)/t7-/m1/s1. The van der Waals surface area contributed by atoms with Gasteiger partial charge in [-0.3, -0.25) is 4.79 Å². The molecule has 1 rings (SSSR count). The summed E-state index contributed by atoms with van der Waals surface area (Å²) in [6.07, 6.45) is 0.199. The van der Waals surface area contributed by atoms with Gasteiger partial charge in [-0.1, -0.05) is 0 Å². The molecule has 0 aromatic heterocycles. The van der Waals surface area contributed by atoms with Gasteiger partial charge in [0.25, 0.3) is 5.91 Å². The average molecular weight is 220 g/mol. The highest BCUT2D eigenvalue weighted by molar-refractivity contribution is 5.97. The van der Waals surface area contributed by atoms with Crippen LogP contribution in [0.1, 0.15) is 23.7 Å². The number of amides is 1. The predicted molar refractivity (Wildman–Crippen MR) is 56.9 cm³/mol. The fourth-order valence-corrected chi connectivity index (χ4v) is 1.20. The quantitative estimate of drug-likeness (QED) is 0.711. The number of nitrogens with one attached hydrogen (secondary N) is 1. The molecule has 1 aromatic rings. The van der Waals surface area contributed by atoms with Crippen LogP contribution in [0.5, 0.6) is 11.5 Å². The van der Waals surface area contributed by atoms with Crippen molar-refractivity contribution in [3.63, 3.8) is 0 Å². The number of rotatable bonds is 3. The van der Waals surface area contributed by atoms with Gasteiger partial charge in [-0.25, -0.2) is 0 Å². The van der Waals surface area contributed by atoms with Gasteiger partial charge in [0.15, 0.2) is 0 Å². The molecular formula is C11H12N2O3. The number of hydrogen-bond acceptors (Lipinski definition) is 4. The van der Waals surface area contributed by atoms with Gasteiger partial charge in [0.1, 0.15) is 11.5 Å². The minimum Gasteiger partial charge on any atom is -0.508 e. The fourth-order valence-electron chi connectivity index (χ4n) is 1.20. The van der Waals surface area contributed by atoms with Gasteiger partial charge in [-0.15, -0.1) is 0 Å². The maximum atomic E-state index is 11.6. The van der Waals surface area contributed by atoms with E-state index in [1.165, 1.54) is 12.1 Å².